The van der Waals surface area contributed by atoms with Crippen LogP contribution in [0.1, 0.15) is 18.5 Å². The number of anilines is 1. The normalized spacial score (nSPS) is 19.6. The first-order chi connectivity index (χ1) is 9.27. The molecule has 2 heterocycles. The molecule has 1 unspecified atom stereocenters. The Balaban J connectivity index is 2.09. The number of carbonyl (C=O) groups is 2. The Kier molecular flexibility index (Phi) is 4.04. The van der Waals surface area contributed by atoms with E-state index in [1.54, 1.807) is 5.38 Å². The highest BCUT2D eigenvalue weighted by Gasteiger charge is 2.40. The first-order valence-corrected chi connectivity index (χ1v) is 8.00. The van der Waals surface area contributed by atoms with Gasteiger partial charge in [0.2, 0.25) is 5.91 Å². The Morgan fingerprint density at radius 2 is 2.30 bits per heavy atom. The molecule has 1 fully saturated rings. The van der Waals surface area contributed by atoms with Gasteiger partial charge in [0.15, 0.2) is 5.13 Å². The molecule has 10 heteroatoms. The summed E-state index contributed by atoms with van der Waals surface area (Å²) in [5.74, 6) is -1.46. The Bertz CT molecular complexity index is 642. The van der Waals surface area contributed by atoms with Crippen molar-refractivity contribution in [2.75, 3.05) is 11.4 Å². The average Bonchev–Trinajstić information content (AvgIpc) is 2.91. The lowest BCUT2D eigenvalue weighted by molar-refractivity contribution is -0.137. The number of thiazole rings is 1. The average molecular weight is 322 g/mol. The second-order valence-corrected chi connectivity index (χ2v) is 6.78. The van der Waals surface area contributed by atoms with E-state index in [4.69, 9.17) is 5.11 Å². The maximum absolute atomic E-state index is 12.9. The van der Waals surface area contributed by atoms with E-state index in [1.165, 1.54) is 0 Å². The summed E-state index contributed by atoms with van der Waals surface area (Å²) in [7, 11) is -4.75. The summed E-state index contributed by atoms with van der Waals surface area (Å²) in [6.07, 6.45) is -0.264. The summed E-state index contributed by atoms with van der Waals surface area (Å²) < 4.78 is 34.5. The monoisotopic (exact) mass is 322 g/mol. The van der Waals surface area contributed by atoms with Crippen molar-refractivity contribution >= 4 is 38.6 Å². The van der Waals surface area contributed by atoms with Crippen molar-refractivity contribution in [2.45, 2.75) is 24.5 Å². The van der Waals surface area contributed by atoms with Gasteiger partial charge in [0.05, 0.1) is 12.1 Å². The number of carboxylic acids is 1. The fourth-order valence-electron chi connectivity index (χ4n) is 1.82. The number of aromatic nitrogens is 1. The first-order valence-electron chi connectivity index (χ1n) is 5.67. The van der Waals surface area contributed by atoms with Crippen molar-refractivity contribution in [3.63, 3.8) is 0 Å². The van der Waals surface area contributed by atoms with E-state index in [1.807, 2.05) is 0 Å². The number of aryl methyl sites for hydroxylation is 1. The Morgan fingerprint density at radius 1 is 1.60 bits per heavy atom. The molecular formula is C10H11FN2O5S2. The van der Waals surface area contributed by atoms with E-state index in [0.717, 1.165) is 16.2 Å². The highest BCUT2D eigenvalue weighted by atomic mass is 32.3. The zero-order valence-corrected chi connectivity index (χ0v) is 11.8. The molecule has 0 aliphatic carbocycles. The second kappa shape index (κ2) is 5.44. The highest BCUT2D eigenvalue weighted by molar-refractivity contribution is 7.87. The van der Waals surface area contributed by atoms with Crippen LogP contribution in [0, 0.1) is 0 Å². The van der Waals surface area contributed by atoms with E-state index in [9.17, 15) is 21.9 Å². The number of carboxylic acid groups (broad SMARTS) is 1. The smallest absolute Gasteiger partial charge is 0.307 e. The largest absolute Gasteiger partial charge is 0.481 e. The lowest BCUT2D eigenvalue weighted by Crippen LogP contribution is -2.26. The second-order valence-electron chi connectivity index (χ2n) is 4.32. The highest BCUT2D eigenvalue weighted by Crippen LogP contribution is 2.28. The number of hydrogen-bond acceptors (Lipinski definition) is 6. The van der Waals surface area contributed by atoms with Gasteiger partial charge in [-0.15, -0.1) is 15.2 Å². The lowest BCUT2D eigenvalue weighted by Gasteiger charge is -2.11. The zero-order valence-electron chi connectivity index (χ0n) is 10.2. The zero-order chi connectivity index (χ0) is 14.9. The predicted molar refractivity (Wildman–Crippen MR) is 68.9 cm³/mol. The van der Waals surface area contributed by atoms with Crippen LogP contribution in [0.2, 0.25) is 0 Å². The number of carbonyl (C=O) groups excluding carboxylic acids is 1. The summed E-state index contributed by atoms with van der Waals surface area (Å²) in [5.41, 5.74) is 0.506. The van der Waals surface area contributed by atoms with Gasteiger partial charge in [-0.25, -0.2) is 4.98 Å². The molecule has 1 atom stereocenters. The van der Waals surface area contributed by atoms with Gasteiger partial charge in [-0.05, 0) is 0 Å². The van der Waals surface area contributed by atoms with E-state index in [-0.39, 0.29) is 24.5 Å². The van der Waals surface area contributed by atoms with Crippen LogP contribution < -0.4 is 4.90 Å². The fourth-order valence-corrected chi connectivity index (χ4v) is 3.37. The molecule has 7 nitrogen and oxygen atoms in total. The van der Waals surface area contributed by atoms with Gasteiger partial charge in [0.1, 0.15) is 5.25 Å². The number of amides is 1. The van der Waals surface area contributed by atoms with E-state index >= 15 is 0 Å². The molecule has 1 amide bonds. The summed E-state index contributed by atoms with van der Waals surface area (Å²) in [5, 5.41) is 9.07. The Morgan fingerprint density at radius 3 is 2.85 bits per heavy atom. The molecule has 0 spiro atoms. The van der Waals surface area contributed by atoms with Crippen molar-refractivity contribution in [1.82, 2.24) is 4.98 Å². The quantitative estimate of drug-likeness (QED) is 0.794. The molecule has 0 radical (unpaired) electrons. The molecule has 110 valence electrons. The van der Waals surface area contributed by atoms with Crippen LogP contribution in [0.3, 0.4) is 0 Å². The molecule has 1 aromatic heterocycles. The summed E-state index contributed by atoms with van der Waals surface area (Å²) >= 11 is 1.10. The van der Waals surface area contributed by atoms with Crippen molar-refractivity contribution in [3.05, 3.63) is 11.1 Å². The van der Waals surface area contributed by atoms with Gasteiger partial charge < -0.3 is 5.11 Å². The van der Waals surface area contributed by atoms with Gasteiger partial charge in [-0.1, -0.05) is 0 Å². The van der Waals surface area contributed by atoms with Crippen molar-refractivity contribution in [1.29, 1.82) is 0 Å². The van der Waals surface area contributed by atoms with Crippen LogP contribution in [-0.4, -0.2) is 42.2 Å². The van der Waals surface area contributed by atoms with Crippen molar-refractivity contribution in [3.8, 4) is 0 Å². The number of hydrogen-bond donors (Lipinski definition) is 1. The van der Waals surface area contributed by atoms with Crippen LogP contribution in [0.15, 0.2) is 5.38 Å². The minimum atomic E-state index is -4.75. The van der Waals surface area contributed by atoms with Crippen LogP contribution in [0.5, 0.6) is 0 Å². The molecule has 1 saturated heterocycles. The van der Waals surface area contributed by atoms with Crippen LogP contribution in [-0.2, 0) is 26.2 Å². The van der Waals surface area contributed by atoms with E-state index < -0.39 is 33.8 Å². The van der Waals surface area contributed by atoms with Gasteiger partial charge in [-0.3, -0.25) is 14.5 Å². The molecular weight excluding hydrogens is 311 g/mol. The van der Waals surface area contributed by atoms with E-state index in [2.05, 4.69) is 4.98 Å². The van der Waals surface area contributed by atoms with Gasteiger partial charge >= 0.3 is 16.2 Å². The topological polar surface area (TPSA) is 105 Å². The lowest BCUT2D eigenvalue weighted by atomic mass is 10.2. The fraction of sp³-hybridized carbons (Fsp3) is 0.500. The van der Waals surface area contributed by atoms with Crippen LogP contribution in [0.25, 0.3) is 0 Å². The molecule has 1 aromatic rings. The third-order valence-electron chi connectivity index (χ3n) is 2.85. The first kappa shape index (κ1) is 14.9. The molecule has 20 heavy (non-hydrogen) atoms. The van der Waals surface area contributed by atoms with Gasteiger partial charge in [-0.2, -0.15) is 8.42 Å². The van der Waals surface area contributed by atoms with Crippen LogP contribution >= 0.6 is 11.3 Å². The summed E-state index contributed by atoms with van der Waals surface area (Å²) in [6, 6.07) is 0. The SMILES string of the molecule is O=C(O)CCc1csc(N2CC(S(=O)(=O)F)CC2=O)n1. The van der Waals surface area contributed by atoms with Gasteiger partial charge in [0, 0.05) is 24.8 Å². The maximum Gasteiger partial charge on any atom is 0.307 e. The predicted octanol–water partition coefficient (Wildman–Crippen LogP) is 0.565. The minimum absolute atomic E-state index is 0.0847. The van der Waals surface area contributed by atoms with Gasteiger partial charge in [0.25, 0.3) is 0 Å². The minimum Gasteiger partial charge on any atom is -0.481 e. The Labute approximate surface area is 118 Å². The molecule has 0 bridgehead atoms. The summed E-state index contributed by atoms with van der Waals surface area (Å²) in [4.78, 5) is 27.3. The molecule has 1 N–H and O–H groups in total. The van der Waals surface area contributed by atoms with Crippen molar-refractivity contribution < 1.29 is 27.0 Å². The third kappa shape index (κ3) is 3.31. The summed E-state index contributed by atoms with van der Waals surface area (Å²) in [6.45, 7) is -0.260. The van der Waals surface area contributed by atoms with E-state index in [0.29, 0.717) is 5.69 Å². The van der Waals surface area contributed by atoms with Crippen molar-refractivity contribution in [2.24, 2.45) is 0 Å². The Hall–Kier alpha value is -1.55. The molecule has 0 aromatic carbocycles. The molecule has 0 saturated carbocycles. The third-order valence-corrected chi connectivity index (χ3v) is 4.88. The maximum atomic E-state index is 12.9. The number of rotatable bonds is 5. The number of halogens is 1. The molecule has 1 aliphatic rings. The number of nitrogens with zero attached hydrogens (tertiary/aromatic N) is 2. The standard InChI is InChI=1S/C10H11FN2O5S2/c11-20(17,18)7-3-8(14)13(4-7)10-12-6(5-19-10)1-2-9(15)16/h5,7H,1-4H2,(H,15,16). The number of aliphatic carboxylic acids is 1. The van der Waals surface area contributed by atoms with Crippen LogP contribution in [0.4, 0.5) is 9.02 Å². The molecule has 1 aliphatic heterocycles. The molecule has 2 rings (SSSR count).